The largest absolute Gasteiger partial charge is 0.392 e. The van der Waals surface area contributed by atoms with Crippen molar-refractivity contribution in [1.82, 2.24) is 0 Å². The number of hydrogen-bond acceptors (Lipinski definition) is 1. The quantitative estimate of drug-likeness (QED) is 0.367. The van der Waals surface area contributed by atoms with Crippen LogP contribution in [0.4, 0.5) is 0 Å². The molecule has 0 saturated carbocycles. The lowest BCUT2D eigenvalue weighted by Crippen LogP contribution is -1.93. The smallest absolute Gasteiger partial charge is 0.0681 e. The summed E-state index contributed by atoms with van der Waals surface area (Å²) in [5, 5.41) is 9.15. The Bertz CT molecular complexity index is 1030. The number of hydrogen-bond donors (Lipinski definition) is 1. The van der Waals surface area contributed by atoms with Crippen LogP contribution in [0.25, 0.3) is 11.1 Å². The molecule has 0 atom stereocenters. The first kappa shape index (κ1) is 20.1. The third-order valence-electron chi connectivity index (χ3n) is 5.69. The first-order valence-corrected chi connectivity index (χ1v) is 10.7. The standard InChI is InChI=1S/C29H28O/c30-22-27-12-10-24(11-13-27)8-9-26-16-20-29(21-17-26)28-18-14-25(15-19-28)7-6-23-4-2-1-3-5-23/h1-5,10-21,30H,6-9,22H2. The van der Waals surface area contributed by atoms with Crippen LogP contribution in [0.5, 0.6) is 0 Å². The minimum atomic E-state index is 0.107. The van der Waals surface area contributed by atoms with Gasteiger partial charge in [0.1, 0.15) is 0 Å². The van der Waals surface area contributed by atoms with Gasteiger partial charge in [0.2, 0.25) is 0 Å². The molecule has 4 rings (SSSR count). The Morgan fingerprint density at radius 1 is 0.367 bits per heavy atom. The average molecular weight is 393 g/mol. The molecule has 0 spiro atoms. The maximum atomic E-state index is 9.15. The van der Waals surface area contributed by atoms with E-state index in [0.29, 0.717) is 0 Å². The minimum absolute atomic E-state index is 0.107. The second-order valence-corrected chi connectivity index (χ2v) is 7.85. The van der Waals surface area contributed by atoms with Crippen LogP contribution < -0.4 is 0 Å². The summed E-state index contributed by atoms with van der Waals surface area (Å²) in [6, 6.07) is 36.8. The van der Waals surface area contributed by atoms with Crippen molar-refractivity contribution in [3.63, 3.8) is 0 Å². The predicted molar refractivity (Wildman–Crippen MR) is 126 cm³/mol. The molecule has 0 aliphatic carbocycles. The molecular weight excluding hydrogens is 364 g/mol. The summed E-state index contributed by atoms with van der Waals surface area (Å²) in [5.41, 5.74) is 8.93. The SMILES string of the molecule is OCc1ccc(CCc2ccc(-c3ccc(CCc4ccccc4)cc3)cc2)cc1. The molecule has 1 N–H and O–H groups in total. The summed E-state index contributed by atoms with van der Waals surface area (Å²) < 4.78 is 0. The van der Waals surface area contributed by atoms with Crippen LogP contribution in [0.1, 0.15) is 27.8 Å². The summed E-state index contributed by atoms with van der Waals surface area (Å²) in [5.74, 6) is 0. The van der Waals surface area contributed by atoms with Crippen molar-refractivity contribution in [2.45, 2.75) is 32.3 Å². The molecule has 0 aliphatic rings. The Labute approximate surface area is 179 Å². The van der Waals surface area contributed by atoms with E-state index in [0.717, 1.165) is 31.2 Å². The van der Waals surface area contributed by atoms with Crippen molar-refractivity contribution < 1.29 is 5.11 Å². The molecular formula is C29H28O. The summed E-state index contributed by atoms with van der Waals surface area (Å²) in [6.45, 7) is 0.107. The Morgan fingerprint density at radius 2 is 0.700 bits per heavy atom. The fourth-order valence-corrected chi connectivity index (χ4v) is 3.76. The van der Waals surface area contributed by atoms with E-state index in [1.165, 1.54) is 33.4 Å². The third kappa shape index (κ3) is 5.46. The minimum Gasteiger partial charge on any atom is -0.392 e. The number of aliphatic hydroxyl groups excluding tert-OH is 1. The highest BCUT2D eigenvalue weighted by Crippen LogP contribution is 2.22. The van der Waals surface area contributed by atoms with Gasteiger partial charge in [-0.1, -0.05) is 103 Å². The normalized spacial score (nSPS) is 10.8. The molecule has 4 aromatic carbocycles. The maximum absolute atomic E-state index is 9.15. The molecule has 0 amide bonds. The molecule has 0 aliphatic heterocycles. The topological polar surface area (TPSA) is 20.2 Å². The van der Waals surface area contributed by atoms with Crippen LogP contribution >= 0.6 is 0 Å². The number of aliphatic hydroxyl groups is 1. The molecule has 0 unspecified atom stereocenters. The second kappa shape index (κ2) is 10.0. The fraction of sp³-hybridized carbons (Fsp3) is 0.172. The second-order valence-electron chi connectivity index (χ2n) is 7.85. The van der Waals surface area contributed by atoms with Crippen LogP contribution in [-0.4, -0.2) is 5.11 Å². The van der Waals surface area contributed by atoms with Crippen molar-refractivity contribution in [1.29, 1.82) is 0 Å². The lowest BCUT2D eigenvalue weighted by atomic mass is 9.98. The molecule has 0 heterocycles. The van der Waals surface area contributed by atoms with Gasteiger partial charge in [-0.25, -0.2) is 0 Å². The molecule has 30 heavy (non-hydrogen) atoms. The average Bonchev–Trinajstić information content (AvgIpc) is 2.83. The van der Waals surface area contributed by atoms with E-state index in [9.17, 15) is 0 Å². The lowest BCUT2D eigenvalue weighted by Gasteiger charge is -2.07. The zero-order valence-electron chi connectivity index (χ0n) is 17.3. The van der Waals surface area contributed by atoms with E-state index in [2.05, 4.69) is 91.0 Å². The van der Waals surface area contributed by atoms with Crippen molar-refractivity contribution >= 4 is 0 Å². The number of rotatable bonds is 8. The van der Waals surface area contributed by atoms with E-state index < -0.39 is 0 Å². The van der Waals surface area contributed by atoms with Gasteiger partial charge in [0.15, 0.2) is 0 Å². The fourth-order valence-electron chi connectivity index (χ4n) is 3.76. The van der Waals surface area contributed by atoms with E-state index in [4.69, 9.17) is 5.11 Å². The summed E-state index contributed by atoms with van der Waals surface area (Å²) in [4.78, 5) is 0. The number of aryl methyl sites for hydroxylation is 4. The van der Waals surface area contributed by atoms with Crippen LogP contribution in [0.3, 0.4) is 0 Å². The number of benzene rings is 4. The zero-order chi connectivity index (χ0) is 20.6. The Morgan fingerprint density at radius 3 is 1.10 bits per heavy atom. The van der Waals surface area contributed by atoms with Gasteiger partial charge in [0, 0.05) is 0 Å². The van der Waals surface area contributed by atoms with Crippen LogP contribution in [-0.2, 0) is 32.3 Å². The maximum Gasteiger partial charge on any atom is 0.0681 e. The van der Waals surface area contributed by atoms with E-state index >= 15 is 0 Å². The van der Waals surface area contributed by atoms with Gasteiger partial charge in [-0.3, -0.25) is 0 Å². The van der Waals surface area contributed by atoms with Crippen molar-refractivity contribution in [3.8, 4) is 11.1 Å². The van der Waals surface area contributed by atoms with Gasteiger partial charge in [-0.15, -0.1) is 0 Å². The molecule has 0 radical (unpaired) electrons. The lowest BCUT2D eigenvalue weighted by molar-refractivity contribution is 0.282. The van der Waals surface area contributed by atoms with Crippen molar-refractivity contribution in [2.75, 3.05) is 0 Å². The first-order chi connectivity index (χ1) is 14.8. The summed E-state index contributed by atoms with van der Waals surface area (Å²) in [7, 11) is 0. The molecule has 1 heteroatoms. The third-order valence-corrected chi connectivity index (χ3v) is 5.69. The van der Waals surface area contributed by atoms with Gasteiger partial charge in [-0.2, -0.15) is 0 Å². The molecule has 150 valence electrons. The molecule has 0 aromatic heterocycles. The van der Waals surface area contributed by atoms with Gasteiger partial charge < -0.3 is 5.11 Å². The molecule has 0 fully saturated rings. The van der Waals surface area contributed by atoms with Crippen LogP contribution in [0.2, 0.25) is 0 Å². The van der Waals surface area contributed by atoms with Gasteiger partial charge in [0.05, 0.1) is 6.61 Å². The highest BCUT2D eigenvalue weighted by molar-refractivity contribution is 5.64. The molecule has 4 aromatic rings. The first-order valence-electron chi connectivity index (χ1n) is 10.7. The highest BCUT2D eigenvalue weighted by Gasteiger charge is 2.02. The summed E-state index contributed by atoms with van der Waals surface area (Å²) >= 11 is 0. The van der Waals surface area contributed by atoms with Gasteiger partial charge in [0.25, 0.3) is 0 Å². The van der Waals surface area contributed by atoms with Crippen molar-refractivity contribution in [2.24, 2.45) is 0 Å². The summed E-state index contributed by atoms with van der Waals surface area (Å²) in [6.07, 6.45) is 4.19. The Hall–Kier alpha value is -3.16. The van der Waals surface area contributed by atoms with Gasteiger partial charge >= 0.3 is 0 Å². The Kier molecular flexibility index (Phi) is 6.74. The van der Waals surface area contributed by atoms with Gasteiger partial charge in [-0.05, 0) is 64.6 Å². The van der Waals surface area contributed by atoms with E-state index in [1.54, 1.807) is 0 Å². The monoisotopic (exact) mass is 392 g/mol. The molecule has 0 saturated heterocycles. The van der Waals surface area contributed by atoms with Crippen molar-refractivity contribution in [3.05, 3.63) is 131 Å². The predicted octanol–water partition coefficient (Wildman–Crippen LogP) is 6.42. The van der Waals surface area contributed by atoms with Crippen LogP contribution in [0, 0.1) is 0 Å². The van der Waals surface area contributed by atoms with E-state index in [1.807, 2.05) is 12.1 Å². The highest BCUT2D eigenvalue weighted by atomic mass is 16.3. The molecule has 0 bridgehead atoms. The van der Waals surface area contributed by atoms with Crippen LogP contribution in [0.15, 0.2) is 103 Å². The van der Waals surface area contributed by atoms with E-state index in [-0.39, 0.29) is 6.61 Å². The zero-order valence-corrected chi connectivity index (χ0v) is 17.3. The Balaban J connectivity index is 1.32. The molecule has 1 nitrogen and oxygen atoms in total.